The van der Waals surface area contributed by atoms with Gasteiger partial charge in [0.2, 0.25) is 0 Å². The summed E-state index contributed by atoms with van der Waals surface area (Å²) in [5, 5.41) is 4.94. The Balaban J connectivity index is 2.23. The lowest BCUT2D eigenvalue weighted by molar-refractivity contribution is -0.135. The number of hydrogen-bond donors (Lipinski definition) is 1. The summed E-state index contributed by atoms with van der Waals surface area (Å²) in [6.45, 7) is 2.26. The third kappa shape index (κ3) is 5.18. The maximum atomic E-state index is 11.9. The van der Waals surface area contributed by atoms with E-state index in [-0.39, 0.29) is 12.5 Å². The Morgan fingerprint density at radius 2 is 2.19 bits per heavy atom. The molecule has 1 N–H and O–H groups in total. The summed E-state index contributed by atoms with van der Waals surface area (Å²) in [4.78, 5) is 0. The molecule has 0 aliphatic rings. The van der Waals surface area contributed by atoms with E-state index in [1.54, 1.807) is 0 Å². The lowest BCUT2D eigenvalue weighted by Crippen LogP contribution is -2.21. The zero-order valence-electron chi connectivity index (χ0n) is 8.77. The average Bonchev–Trinajstić information content (AvgIpc) is 2.57. The zero-order valence-corrected chi connectivity index (χ0v) is 10.3. The third-order valence-electron chi connectivity index (χ3n) is 2.18. The van der Waals surface area contributed by atoms with Gasteiger partial charge in [-0.2, -0.15) is 13.2 Å². The summed E-state index contributed by atoms with van der Waals surface area (Å²) in [7, 11) is 0. The van der Waals surface area contributed by atoms with E-state index in [4.69, 9.17) is 11.6 Å². The van der Waals surface area contributed by atoms with E-state index < -0.39 is 12.6 Å². The van der Waals surface area contributed by atoms with Crippen LogP contribution >= 0.6 is 22.9 Å². The number of halogens is 4. The maximum absolute atomic E-state index is 11.9. The molecule has 0 aliphatic carbocycles. The number of rotatable bonds is 5. The highest BCUT2D eigenvalue weighted by Crippen LogP contribution is 2.25. The van der Waals surface area contributed by atoms with Crippen LogP contribution in [0.25, 0.3) is 0 Å². The molecule has 92 valence electrons. The number of alkyl halides is 3. The van der Waals surface area contributed by atoms with E-state index in [1.165, 1.54) is 11.3 Å². The van der Waals surface area contributed by atoms with Gasteiger partial charge in [0.05, 0.1) is 4.34 Å². The summed E-state index contributed by atoms with van der Waals surface area (Å²) in [5.74, 6) is 0. The molecule has 16 heavy (non-hydrogen) atoms. The van der Waals surface area contributed by atoms with Crippen LogP contribution in [-0.2, 0) is 0 Å². The van der Waals surface area contributed by atoms with E-state index in [0.717, 1.165) is 5.56 Å². The molecule has 0 radical (unpaired) electrons. The Labute approximate surface area is 102 Å². The molecule has 0 bridgehead atoms. The smallest absolute Gasteiger partial charge is 0.310 e. The van der Waals surface area contributed by atoms with Crippen molar-refractivity contribution >= 4 is 22.9 Å². The SMILES string of the molecule is CC(NCCCC(F)(F)F)c1csc(Cl)c1. The standard InChI is InChI=1S/C10H13ClF3NS/c1-7(8-5-9(11)16-6-8)15-4-2-3-10(12,13)14/h5-7,15H,2-4H2,1H3. The van der Waals surface area contributed by atoms with Crippen molar-refractivity contribution in [3.8, 4) is 0 Å². The predicted molar refractivity (Wildman–Crippen MR) is 61.0 cm³/mol. The fraction of sp³-hybridized carbons (Fsp3) is 0.600. The van der Waals surface area contributed by atoms with Gasteiger partial charge in [-0.3, -0.25) is 0 Å². The largest absolute Gasteiger partial charge is 0.389 e. The molecule has 0 saturated heterocycles. The molecule has 0 aliphatic heterocycles. The Morgan fingerprint density at radius 1 is 1.50 bits per heavy atom. The molecule has 0 fully saturated rings. The summed E-state index contributed by atoms with van der Waals surface area (Å²) in [5.41, 5.74) is 1.02. The molecular weight excluding hydrogens is 259 g/mol. The van der Waals surface area contributed by atoms with Gasteiger partial charge in [-0.15, -0.1) is 11.3 Å². The van der Waals surface area contributed by atoms with Gasteiger partial charge >= 0.3 is 6.18 Å². The van der Waals surface area contributed by atoms with E-state index in [1.807, 2.05) is 18.4 Å². The highest BCUT2D eigenvalue weighted by molar-refractivity contribution is 7.14. The van der Waals surface area contributed by atoms with Crippen LogP contribution in [0.15, 0.2) is 11.4 Å². The minimum atomic E-state index is -4.06. The summed E-state index contributed by atoms with van der Waals surface area (Å²) in [6, 6.07) is 1.87. The average molecular weight is 272 g/mol. The zero-order chi connectivity index (χ0) is 12.2. The van der Waals surface area contributed by atoms with Crippen LogP contribution in [0.3, 0.4) is 0 Å². The van der Waals surface area contributed by atoms with Crippen LogP contribution in [0.4, 0.5) is 13.2 Å². The molecule has 1 unspecified atom stereocenters. The quantitative estimate of drug-likeness (QED) is 0.783. The van der Waals surface area contributed by atoms with Crippen molar-refractivity contribution < 1.29 is 13.2 Å². The Kier molecular flexibility index (Phi) is 5.08. The topological polar surface area (TPSA) is 12.0 Å². The fourth-order valence-electron chi connectivity index (χ4n) is 1.28. The molecule has 0 spiro atoms. The second kappa shape index (κ2) is 5.89. The van der Waals surface area contributed by atoms with Gasteiger partial charge in [0, 0.05) is 12.5 Å². The van der Waals surface area contributed by atoms with Crippen LogP contribution in [0, 0.1) is 0 Å². The number of hydrogen-bond acceptors (Lipinski definition) is 2. The van der Waals surface area contributed by atoms with E-state index in [9.17, 15) is 13.2 Å². The minimum Gasteiger partial charge on any atom is -0.310 e. The molecule has 1 aromatic rings. The second-order valence-electron chi connectivity index (χ2n) is 3.58. The van der Waals surface area contributed by atoms with Gasteiger partial charge in [-0.1, -0.05) is 11.6 Å². The van der Waals surface area contributed by atoms with Crippen LogP contribution in [0.2, 0.25) is 4.34 Å². The highest BCUT2D eigenvalue weighted by Gasteiger charge is 2.25. The van der Waals surface area contributed by atoms with Crippen molar-refractivity contribution in [1.82, 2.24) is 5.32 Å². The normalized spacial score (nSPS) is 14.1. The predicted octanol–water partition coefficient (Wildman–Crippen LogP) is 4.39. The lowest BCUT2D eigenvalue weighted by atomic mass is 10.2. The fourth-order valence-corrected chi connectivity index (χ4v) is 2.26. The van der Waals surface area contributed by atoms with Gasteiger partial charge in [-0.05, 0) is 36.9 Å². The van der Waals surface area contributed by atoms with Crippen LogP contribution in [-0.4, -0.2) is 12.7 Å². The van der Waals surface area contributed by atoms with E-state index >= 15 is 0 Å². The van der Waals surface area contributed by atoms with Crippen molar-refractivity contribution in [3.63, 3.8) is 0 Å². The number of thiophene rings is 1. The van der Waals surface area contributed by atoms with Gasteiger partial charge in [0.1, 0.15) is 0 Å². The first kappa shape index (κ1) is 13.8. The van der Waals surface area contributed by atoms with Crippen LogP contribution in [0.1, 0.15) is 31.4 Å². The molecular formula is C10H13ClF3NS. The lowest BCUT2D eigenvalue weighted by Gasteiger charge is -2.12. The monoisotopic (exact) mass is 271 g/mol. The summed E-state index contributed by atoms with van der Waals surface area (Å²) < 4.78 is 36.3. The summed E-state index contributed by atoms with van der Waals surface area (Å²) >= 11 is 7.19. The number of nitrogens with one attached hydrogen (secondary N) is 1. The molecule has 1 rings (SSSR count). The summed E-state index contributed by atoms with van der Waals surface area (Å²) in [6.07, 6.45) is -4.70. The van der Waals surface area contributed by atoms with Gasteiger partial charge in [-0.25, -0.2) is 0 Å². The van der Waals surface area contributed by atoms with E-state index in [0.29, 0.717) is 10.9 Å². The van der Waals surface area contributed by atoms with E-state index in [2.05, 4.69) is 5.32 Å². The highest BCUT2D eigenvalue weighted by atomic mass is 35.5. The van der Waals surface area contributed by atoms with Gasteiger partial charge in [0.25, 0.3) is 0 Å². The first-order chi connectivity index (χ1) is 7.38. The molecule has 1 nitrogen and oxygen atoms in total. The Bertz CT molecular complexity index is 324. The first-order valence-corrected chi connectivity index (χ1v) is 6.18. The van der Waals surface area contributed by atoms with Crippen molar-refractivity contribution in [3.05, 3.63) is 21.3 Å². The van der Waals surface area contributed by atoms with Gasteiger partial charge < -0.3 is 5.32 Å². The molecule has 1 atom stereocenters. The minimum absolute atomic E-state index is 0.0389. The van der Waals surface area contributed by atoms with Crippen molar-refractivity contribution in [2.75, 3.05) is 6.54 Å². The molecule has 0 aromatic carbocycles. The Hall–Kier alpha value is -0.260. The van der Waals surface area contributed by atoms with Crippen molar-refractivity contribution in [1.29, 1.82) is 0 Å². The second-order valence-corrected chi connectivity index (χ2v) is 5.12. The van der Waals surface area contributed by atoms with Gasteiger partial charge in [0.15, 0.2) is 0 Å². The maximum Gasteiger partial charge on any atom is 0.389 e. The van der Waals surface area contributed by atoms with Crippen LogP contribution in [0.5, 0.6) is 0 Å². The third-order valence-corrected chi connectivity index (χ3v) is 3.28. The molecule has 1 aromatic heterocycles. The molecule has 1 heterocycles. The Morgan fingerprint density at radius 3 is 2.69 bits per heavy atom. The molecule has 0 amide bonds. The molecule has 6 heteroatoms. The first-order valence-electron chi connectivity index (χ1n) is 4.92. The molecule has 0 saturated carbocycles. The van der Waals surface area contributed by atoms with Crippen molar-refractivity contribution in [2.24, 2.45) is 0 Å². The van der Waals surface area contributed by atoms with Crippen LogP contribution < -0.4 is 5.32 Å². The van der Waals surface area contributed by atoms with Crippen molar-refractivity contribution in [2.45, 2.75) is 32.0 Å².